The van der Waals surface area contributed by atoms with Crippen LogP contribution in [0.25, 0.3) is 0 Å². The molecule has 1 heterocycles. The summed E-state index contributed by atoms with van der Waals surface area (Å²) in [6.45, 7) is 7.44. The molecule has 0 aromatic heterocycles. The summed E-state index contributed by atoms with van der Waals surface area (Å²) >= 11 is 0. The van der Waals surface area contributed by atoms with Crippen LogP contribution in [0.4, 0.5) is 0 Å². The van der Waals surface area contributed by atoms with Crippen LogP contribution in [0.3, 0.4) is 0 Å². The van der Waals surface area contributed by atoms with E-state index in [1.165, 1.54) is 5.56 Å². The zero-order chi connectivity index (χ0) is 19.4. The van der Waals surface area contributed by atoms with Crippen LogP contribution in [-0.2, 0) is 11.8 Å². The van der Waals surface area contributed by atoms with Gasteiger partial charge in [0.2, 0.25) is 0 Å². The molecule has 2 aliphatic rings. The summed E-state index contributed by atoms with van der Waals surface area (Å²) in [6, 6.07) is 14.7. The lowest BCUT2D eigenvalue weighted by Crippen LogP contribution is -2.64. The van der Waals surface area contributed by atoms with Crippen LogP contribution in [0.5, 0.6) is 5.75 Å². The molecular weight excluding hydrogens is 336 g/mol. The highest BCUT2D eigenvalue weighted by Crippen LogP contribution is 2.57. The first-order valence-corrected chi connectivity index (χ1v) is 9.42. The predicted octanol–water partition coefficient (Wildman–Crippen LogP) is 4.02. The van der Waals surface area contributed by atoms with E-state index in [-0.39, 0.29) is 22.8 Å². The molecule has 4 rings (SSSR count). The molecule has 1 amide bonds. The minimum absolute atomic E-state index is 0.00140. The van der Waals surface area contributed by atoms with Crippen molar-refractivity contribution in [3.8, 4) is 11.8 Å². The number of aromatic hydroxyl groups is 1. The summed E-state index contributed by atoms with van der Waals surface area (Å²) in [5, 5.41) is 19.4. The topological polar surface area (TPSA) is 64.3 Å². The summed E-state index contributed by atoms with van der Waals surface area (Å²) in [4.78, 5) is 15.2. The van der Waals surface area contributed by atoms with Gasteiger partial charge >= 0.3 is 0 Å². The quantitative estimate of drug-likeness (QED) is 0.835. The molecule has 2 aromatic rings. The minimum atomic E-state index is -0.117. The van der Waals surface area contributed by atoms with Crippen molar-refractivity contribution in [2.75, 3.05) is 6.54 Å². The monoisotopic (exact) mass is 360 g/mol. The molecule has 27 heavy (non-hydrogen) atoms. The van der Waals surface area contributed by atoms with E-state index in [0.717, 1.165) is 12.0 Å². The summed E-state index contributed by atoms with van der Waals surface area (Å²) in [7, 11) is 0. The fourth-order valence-electron chi connectivity index (χ4n) is 5.02. The van der Waals surface area contributed by atoms with Gasteiger partial charge in [0.25, 0.3) is 5.91 Å². The van der Waals surface area contributed by atoms with Gasteiger partial charge in [0.05, 0.1) is 11.6 Å². The number of fused-ring (bicyclic) bond motifs is 4. The Labute approximate surface area is 160 Å². The number of hydrogen-bond donors (Lipinski definition) is 1. The van der Waals surface area contributed by atoms with Crippen molar-refractivity contribution in [2.45, 2.75) is 45.1 Å². The van der Waals surface area contributed by atoms with E-state index in [4.69, 9.17) is 5.26 Å². The van der Waals surface area contributed by atoms with Crippen LogP contribution in [0.1, 0.15) is 54.2 Å². The molecule has 1 saturated heterocycles. The summed E-state index contributed by atoms with van der Waals surface area (Å²) in [5.41, 5.74) is 3.14. The maximum Gasteiger partial charge on any atom is 0.254 e. The number of hydrogen-bond acceptors (Lipinski definition) is 3. The Hall–Kier alpha value is -2.80. The van der Waals surface area contributed by atoms with Gasteiger partial charge in [-0.2, -0.15) is 5.26 Å². The first-order valence-electron chi connectivity index (χ1n) is 9.42. The zero-order valence-electron chi connectivity index (χ0n) is 16.0. The number of phenols is 1. The molecule has 2 atom stereocenters. The van der Waals surface area contributed by atoms with Gasteiger partial charge in [-0.1, -0.05) is 32.9 Å². The fraction of sp³-hybridized carbons (Fsp3) is 0.391. The molecule has 4 heteroatoms. The third-order valence-electron chi connectivity index (χ3n) is 7.15. The number of piperidine rings is 1. The number of benzene rings is 2. The Bertz CT molecular complexity index is 955. The van der Waals surface area contributed by atoms with E-state index in [2.05, 4.69) is 32.9 Å². The lowest BCUT2D eigenvalue weighted by Gasteiger charge is -2.60. The van der Waals surface area contributed by atoms with Crippen LogP contribution in [0.15, 0.2) is 42.5 Å². The van der Waals surface area contributed by atoms with E-state index in [1.54, 1.807) is 30.3 Å². The largest absolute Gasteiger partial charge is 0.508 e. The molecule has 0 saturated carbocycles. The molecule has 0 spiro atoms. The lowest BCUT2D eigenvalue weighted by atomic mass is 9.51. The number of nitrogens with zero attached hydrogens (tertiary/aromatic N) is 2. The highest BCUT2D eigenvalue weighted by molar-refractivity contribution is 5.94. The number of carbonyl (C=O) groups is 1. The first-order chi connectivity index (χ1) is 12.8. The van der Waals surface area contributed by atoms with Crippen LogP contribution in [-0.4, -0.2) is 28.5 Å². The van der Waals surface area contributed by atoms with Gasteiger partial charge in [0, 0.05) is 23.6 Å². The van der Waals surface area contributed by atoms with Crippen LogP contribution < -0.4 is 0 Å². The second-order valence-corrected chi connectivity index (χ2v) is 8.51. The second kappa shape index (κ2) is 5.85. The average molecular weight is 360 g/mol. The number of carbonyl (C=O) groups excluding carboxylic acids is 1. The Kier molecular flexibility index (Phi) is 3.82. The number of likely N-dealkylation sites (tertiary alicyclic amines) is 1. The standard InChI is InChI=1S/C23H24N2O2/c1-22(2)20-13-17-18(5-4-6-19(17)26)23(22,3)11-12-25(20)21(27)16-9-7-15(14-24)8-10-16/h4-10,20,26H,11-13H2,1-3H3/t20-,23+/m1/s1. The molecule has 1 aliphatic heterocycles. The van der Waals surface area contributed by atoms with Crippen molar-refractivity contribution in [1.29, 1.82) is 5.26 Å². The number of amides is 1. The molecule has 0 radical (unpaired) electrons. The molecule has 2 aromatic carbocycles. The van der Waals surface area contributed by atoms with E-state index in [1.807, 2.05) is 11.0 Å². The fourth-order valence-corrected chi connectivity index (χ4v) is 5.02. The third-order valence-corrected chi connectivity index (χ3v) is 7.15. The molecule has 1 N–H and O–H groups in total. The van der Waals surface area contributed by atoms with Gasteiger partial charge in [0.15, 0.2) is 0 Å². The van der Waals surface area contributed by atoms with Gasteiger partial charge < -0.3 is 10.0 Å². The minimum Gasteiger partial charge on any atom is -0.508 e. The smallest absolute Gasteiger partial charge is 0.254 e. The van der Waals surface area contributed by atoms with Gasteiger partial charge in [-0.05, 0) is 59.7 Å². The molecule has 138 valence electrons. The summed E-state index contributed by atoms with van der Waals surface area (Å²) < 4.78 is 0. The molecule has 1 fully saturated rings. The Morgan fingerprint density at radius 3 is 2.56 bits per heavy atom. The predicted molar refractivity (Wildman–Crippen MR) is 104 cm³/mol. The van der Waals surface area contributed by atoms with Crippen LogP contribution in [0.2, 0.25) is 0 Å². The van der Waals surface area contributed by atoms with E-state index in [9.17, 15) is 9.90 Å². The Morgan fingerprint density at radius 2 is 1.89 bits per heavy atom. The number of nitriles is 1. The molecule has 0 unspecified atom stereocenters. The number of phenolic OH excluding ortho intramolecular Hbond substituents is 1. The second-order valence-electron chi connectivity index (χ2n) is 8.51. The van der Waals surface area contributed by atoms with Crippen molar-refractivity contribution in [3.05, 3.63) is 64.7 Å². The molecular formula is C23H24N2O2. The van der Waals surface area contributed by atoms with Crippen LogP contribution in [0, 0.1) is 16.7 Å². The van der Waals surface area contributed by atoms with Gasteiger partial charge in [-0.3, -0.25) is 4.79 Å². The summed E-state index contributed by atoms with van der Waals surface area (Å²) in [5.74, 6) is 0.324. The van der Waals surface area contributed by atoms with E-state index >= 15 is 0 Å². The van der Waals surface area contributed by atoms with Gasteiger partial charge in [0.1, 0.15) is 5.75 Å². The Morgan fingerprint density at radius 1 is 1.19 bits per heavy atom. The molecule has 1 aliphatic carbocycles. The third kappa shape index (κ3) is 2.38. The highest BCUT2D eigenvalue weighted by atomic mass is 16.3. The van der Waals surface area contributed by atoms with Crippen molar-refractivity contribution >= 4 is 5.91 Å². The Balaban J connectivity index is 1.76. The summed E-state index contributed by atoms with van der Waals surface area (Å²) in [6.07, 6.45) is 1.52. The van der Waals surface area contributed by atoms with Crippen LogP contribution >= 0.6 is 0 Å². The molecule has 4 nitrogen and oxygen atoms in total. The van der Waals surface area contributed by atoms with E-state index in [0.29, 0.717) is 29.8 Å². The van der Waals surface area contributed by atoms with Gasteiger partial charge in [-0.15, -0.1) is 0 Å². The van der Waals surface area contributed by atoms with Crippen molar-refractivity contribution in [3.63, 3.8) is 0 Å². The lowest BCUT2D eigenvalue weighted by molar-refractivity contribution is -0.0266. The maximum absolute atomic E-state index is 13.3. The zero-order valence-corrected chi connectivity index (χ0v) is 16.0. The molecule has 2 bridgehead atoms. The SMILES string of the molecule is CC1(C)[C@H]2Cc3c(O)cccc3[C@]1(C)CCN2C(=O)c1ccc(C#N)cc1. The van der Waals surface area contributed by atoms with Crippen molar-refractivity contribution < 1.29 is 9.90 Å². The highest BCUT2D eigenvalue weighted by Gasteiger charge is 2.57. The maximum atomic E-state index is 13.3. The average Bonchev–Trinajstić information content (AvgIpc) is 2.65. The first kappa shape index (κ1) is 17.6. The normalized spacial score (nSPS) is 25.4. The van der Waals surface area contributed by atoms with Crippen molar-refractivity contribution in [2.24, 2.45) is 5.41 Å². The number of rotatable bonds is 1. The van der Waals surface area contributed by atoms with E-state index < -0.39 is 0 Å². The van der Waals surface area contributed by atoms with Gasteiger partial charge in [-0.25, -0.2) is 0 Å². The van der Waals surface area contributed by atoms with Crippen molar-refractivity contribution in [1.82, 2.24) is 4.90 Å².